The summed E-state index contributed by atoms with van der Waals surface area (Å²) in [6.45, 7) is 0.850. The van der Waals surface area contributed by atoms with Crippen LogP contribution in [-0.4, -0.2) is 51.2 Å². The number of carbonyl (C=O) groups is 2. The summed E-state index contributed by atoms with van der Waals surface area (Å²) in [5.41, 5.74) is 0.939. The van der Waals surface area contributed by atoms with Crippen LogP contribution in [0.15, 0.2) is 24.5 Å². The Morgan fingerprint density at radius 2 is 2.21 bits per heavy atom. The van der Waals surface area contributed by atoms with E-state index < -0.39 is 12.1 Å². The number of aliphatic hydroxyl groups excluding tert-OH is 1. The highest BCUT2D eigenvalue weighted by atomic mass is 16.4. The number of aliphatic carboxylic acids is 1. The van der Waals surface area contributed by atoms with Crippen molar-refractivity contribution in [3.8, 4) is 0 Å². The van der Waals surface area contributed by atoms with E-state index in [0.29, 0.717) is 30.6 Å². The van der Waals surface area contributed by atoms with Gasteiger partial charge in [0.25, 0.3) is 5.91 Å². The minimum atomic E-state index is -1.06. The fraction of sp³-hybridized carbons (Fsp3) is 0.308. The van der Waals surface area contributed by atoms with E-state index in [1.54, 1.807) is 11.0 Å². The molecule has 1 unspecified atom stereocenters. The van der Waals surface area contributed by atoms with Crippen LogP contribution in [0.4, 0.5) is 0 Å². The maximum Gasteiger partial charge on any atom is 0.328 e. The lowest BCUT2D eigenvalue weighted by Crippen LogP contribution is -2.29. The van der Waals surface area contributed by atoms with Gasteiger partial charge in [-0.3, -0.25) is 9.78 Å². The van der Waals surface area contributed by atoms with Crippen LogP contribution in [0.3, 0.4) is 0 Å². The van der Waals surface area contributed by atoms with Gasteiger partial charge in [-0.2, -0.15) is 0 Å². The molecule has 1 atom stereocenters. The highest BCUT2D eigenvalue weighted by Crippen LogP contribution is 2.14. The van der Waals surface area contributed by atoms with E-state index in [9.17, 15) is 14.7 Å². The number of pyridine rings is 1. The third-order valence-electron chi connectivity index (χ3n) is 2.88. The largest absolute Gasteiger partial charge is 0.478 e. The van der Waals surface area contributed by atoms with Crippen LogP contribution in [0, 0.1) is 0 Å². The Morgan fingerprint density at radius 1 is 1.42 bits per heavy atom. The normalized spacial score (nSPS) is 19.0. The number of nitrogens with zero attached hydrogens (tertiary/aromatic N) is 2. The Hall–Kier alpha value is -2.21. The molecule has 2 heterocycles. The van der Waals surface area contributed by atoms with Gasteiger partial charge in [-0.05, 0) is 24.1 Å². The lowest BCUT2D eigenvalue weighted by molar-refractivity contribution is -0.131. The van der Waals surface area contributed by atoms with Gasteiger partial charge in [-0.15, -0.1) is 0 Å². The zero-order chi connectivity index (χ0) is 13.8. The second-order valence-electron chi connectivity index (χ2n) is 4.37. The lowest BCUT2D eigenvalue weighted by atomic mass is 10.2. The smallest absolute Gasteiger partial charge is 0.328 e. The Kier molecular flexibility index (Phi) is 3.91. The summed E-state index contributed by atoms with van der Waals surface area (Å²) in [6.07, 6.45) is 5.40. The van der Waals surface area contributed by atoms with E-state index in [0.717, 1.165) is 6.08 Å². The molecule has 1 fully saturated rings. The summed E-state index contributed by atoms with van der Waals surface area (Å²) in [7, 11) is 0. The fourth-order valence-electron chi connectivity index (χ4n) is 1.94. The Morgan fingerprint density at radius 3 is 2.84 bits per heavy atom. The monoisotopic (exact) mass is 262 g/mol. The molecule has 2 rings (SSSR count). The van der Waals surface area contributed by atoms with Gasteiger partial charge < -0.3 is 15.1 Å². The number of carboxylic acid groups (broad SMARTS) is 1. The SMILES string of the molecule is O=C(O)/C=C/c1cncc(C(=O)N2CCC(O)C2)c1. The zero-order valence-electron chi connectivity index (χ0n) is 10.2. The van der Waals surface area contributed by atoms with Crippen molar-refractivity contribution in [1.82, 2.24) is 9.88 Å². The van der Waals surface area contributed by atoms with Crippen LogP contribution in [0.5, 0.6) is 0 Å². The number of amides is 1. The minimum Gasteiger partial charge on any atom is -0.478 e. The van der Waals surface area contributed by atoms with E-state index in [-0.39, 0.29) is 5.91 Å². The van der Waals surface area contributed by atoms with Crippen molar-refractivity contribution in [2.45, 2.75) is 12.5 Å². The molecule has 1 aliphatic heterocycles. The van der Waals surface area contributed by atoms with Crippen LogP contribution >= 0.6 is 0 Å². The molecule has 0 radical (unpaired) electrons. The highest BCUT2D eigenvalue weighted by Gasteiger charge is 2.25. The summed E-state index contributed by atoms with van der Waals surface area (Å²) in [6, 6.07) is 1.58. The number of hydrogen-bond acceptors (Lipinski definition) is 4. The Bertz CT molecular complexity index is 527. The van der Waals surface area contributed by atoms with Crippen LogP contribution in [0.1, 0.15) is 22.3 Å². The number of rotatable bonds is 3. The van der Waals surface area contributed by atoms with Gasteiger partial charge in [-0.25, -0.2) is 4.79 Å². The fourth-order valence-corrected chi connectivity index (χ4v) is 1.94. The first-order valence-electron chi connectivity index (χ1n) is 5.89. The van der Waals surface area contributed by atoms with Gasteiger partial charge in [0.2, 0.25) is 0 Å². The molecule has 100 valence electrons. The minimum absolute atomic E-state index is 0.199. The average molecular weight is 262 g/mol. The molecule has 0 aromatic carbocycles. The van der Waals surface area contributed by atoms with Crippen molar-refractivity contribution in [2.75, 3.05) is 13.1 Å². The Balaban J connectivity index is 2.14. The highest BCUT2D eigenvalue weighted by molar-refractivity contribution is 5.95. The van der Waals surface area contributed by atoms with Gasteiger partial charge in [0, 0.05) is 31.6 Å². The maximum atomic E-state index is 12.1. The van der Waals surface area contributed by atoms with Gasteiger partial charge >= 0.3 is 5.97 Å². The molecule has 6 nitrogen and oxygen atoms in total. The summed E-state index contributed by atoms with van der Waals surface area (Å²) in [4.78, 5) is 28.0. The van der Waals surface area contributed by atoms with Gasteiger partial charge in [-0.1, -0.05) is 0 Å². The molecule has 6 heteroatoms. The average Bonchev–Trinajstić information content (AvgIpc) is 2.82. The molecule has 1 saturated heterocycles. The molecule has 1 aliphatic rings. The standard InChI is InChI=1S/C13H14N2O4/c16-11-3-4-15(8-11)13(19)10-5-9(6-14-7-10)1-2-12(17)18/h1-2,5-7,11,16H,3-4,8H2,(H,17,18)/b2-1+. The predicted octanol–water partition coefficient (Wildman–Crippen LogP) is 0.386. The number of β-amino-alcohol motifs (C(OH)–C–C–N with tert-alkyl or cyclic N) is 1. The molecule has 1 amide bonds. The first-order chi connectivity index (χ1) is 9.06. The molecule has 19 heavy (non-hydrogen) atoms. The molecule has 1 aromatic rings. The summed E-state index contributed by atoms with van der Waals surface area (Å²) < 4.78 is 0. The number of hydrogen-bond donors (Lipinski definition) is 2. The van der Waals surface area contributed by atoms with E-state index in [1.807, 2.05) is 0 Å². The molecular formula is C13H14N2O4. The molecule has 2 N–H and O–H groups in total. The number of aromatic nitrogens is 1. The number of aliphatic hydroxyl groups is 1. The van der Waals surface area contributed by atoms with E-state index in [1.165, 1.54) is 18.5 Å². The molecule has 0 aliphatic carbocycles. The maximum absolute atomic E-state index is 12.1. The first kappa shape index (κ1) is 13.2. The van der Waals surface area contributed by atoms with E-state index >= 15 is 0 Å². The first-order valence-corrected chi connectivity index (χ1v) is 5.89. The second-order valence-corrected chi connectivity index (χ2v) is 4.37. The summed E-state index contributed by atoms with van der Waals surface area (Å²) in [5.74, 6) is -1.26. The van der Waals surface area contributed by atoms with E-state index in [2.05, 4.69) is 4.98 Å². The van der Waals surface area contributed by atoms with Crippen LogP contribution in [-0.2, 0) is 4.79 Å². The van der Waals surface area contributed by atoms with Crippen molar-refractivity contribution >= 4 is 18.0 Å². The third-order valence-corrected chi connectivity index (χ3v) is 2.88. The molecule has 0 saturated carbocycles. The summed E-state index contributed by atoms with van der Waals surface area (Å²) >= 11 is 0. The van der Waals surface area contributed by atoms with Gasteiger partial charge in [0.15, 0.2) is 0 Å². The molecule has 1 aromatic heterocycles. The number of carboxylic acids is 1. The lowest BCUT2D eigenvalue weighted by Gasteiger charge is -2.15. The van der Waals surface area contributed by atoms with Crippen molar-refractivity contribution < 1.29 is 19.8 Å². The van der Waals surface area contributed by atoms with Crippen molar-refractivity contribution in [3.63, 3.8) is 0 Å². The van der Waals surface area contributed by atoms with Crippen molar-refractivity contribution in [3.05, 3.63) is 35.7 Å². The predicted molar refractivity (Wildman–Crippen MR) is 67.4 cm³/mol. The van der Waals surface area contributed by atoms with Crippen molar-refractivity contribution in [1.29, 1.82) is 0 Å². The summed E-state index contributed by atoms with van der Waals surface area (Å²) in [5, 5.41) is 18.0. The van der Waals surface area contributed by atoms with E-state index in [4.69, 9.17) is 5.11 Å². The number of carbonyl (C=O) groups excluding carboxylic acids is 1. The van der Waals surface area contributed by atoms with Crippen LogP contribution < -0.4 is 0 Å². The second kappa shape index (κ2) is 5.62. The quantitative estimate of drug-likeness (QED) is 0.769. The topological polar surface area (TPSA) is 90.7 Å². The van der Waals surface area contributed by atoms with Crippen LogP contribution in [0.2, 0.25) is 0 Å². The zero-order valence-corrected chi connectivity index (χ0v) is 10.2. The molecule has 0 bridgehead atoms. The molecule has 0 spiro atoms. The molecular weight excluding hydrogens is 248 g/mol. The third kappa shape index (κ3) is 3.38. The van der Waals surface area contributed by atoms with Gasteiger partial charge in [0.1, 0.15) is 0 Å². The van der Waals surface area contributed by atoms with Gasteiger partial charge in [0.05, 0.1) is 11.7 Å². The number of likely N-dealkylation sites (tertiary alicyclic amines) is 1. The van der Waals surface area contributed by atoms with Crippen LogP contribution in [0.25, 0.3) is 6.08 Å². The van der Waals surface area contributed by atoms with Crippen molar-refractivity contribution in [2.24, 2.45) is 0 Å². The Labute approximate surface area is 110 Å².